The van der Waals surface area contributed by atoms with E-state index in [9.17, 15) is 5.11 Å². The highest BCUT2D eigenvalue weighted by Crippen LogP contribution is 2.26. The molecule has 1 aliphatic rings. The molecule has 8 nitrogen and oxygen atoms in total. The summed E-state index contributed by atoms with van der Waals surface area (Å²) in [4.78, 5) is 13.3. The summed E-state index contributed by atoms with van der Waals surface area (Å²) in [5.74, 6) is 1.05. The van der Waals surface area contributed by atoms with E-state index in [2.05, 4.69) is 54.2 Å². The monoisotopic (exact) mass is 353 g/mol. The highest BCUT2D eigenvalue weighted by Gasteiger charge is 2.28. The van der Waals surface area contributed by atoms with Gasteiger partial charge in [0, 0.05) is 38.8 Å². The molecule has 1 atom stereocenters. The fraction of sp³-hybridized carbons (Fsp3) is 0.389. The van der Waals surface area contributed by atoms with Gasteiger partial charge < -0.3 is 15.7 Å². The zero-order valence-corrected chi connectivity index (χ0v) is 14.5. The van der Waals surface area contributed by atoms with Gasteiger partial charge in [-0.2, -0.15) is 15.1 Å². The molecule has 0 aliphatic carbocycles. The second-order valence-corrected chi connectivity index (χ2v) is 6.61. The summed E-state index contributed by atoms with van der Waals surface area (Å²) in [6.45, 7) is 3.56. The second-order valence-electron chi connectivity index (χ2n) is 6.61. The predicted octanol–water partition coefficient (Wildman–Crippen LogP) is 1.01. The number of aliphatic hydroxyl groups is 1. The Kier molecular flexibility index (Phi) is 4.68. The van der Waals surface area contributed by atoms with Gasteiger partial charge in [-0.1, -0.05) is 30.3 Å². The molecular formula is C18H23N7O. The topological polar surface area (TPSA) is 107 Å². The van der Waals surface area contributed by atoms with Crippen molar-refractivity contribution in [1.29, 1.82) is 0 Å². The molecule has 0 unspecified atom stereocenters. The molecule has 2 aromatic heterocycles. The number of aromatic amines is 1. The van der Waals surface area contributed by atoms with Crippen LogP contribution in [0.25, 0.3) is 11.0 Å². The number of hydrogen-bond acceptors (Lipinski definition) is 7. The van der Waals surface area contributed by atoms with E-state index in [4.69, 9.17) is 5.73 Å². The maximum absolute atomic E-state index is 9.54. The Balaban J connectivity index is 1.56. The van der Waals surface area contributed by atoms with E-state index < -0.39 is 0 Å². The first-order valence-electron chi connectivity index (χ1n) is 8.85. The van der Waals surface area contributed by atoms with Crippen molar-refractivity contribution in [2.45, 2.75) is 19.0 Å². The first-order valence-corrected chi connectivity index (χ1v) is 8.85. The summed E-state index contributed by atoms with van der Waals surface area (Å²) >= 11 is 0. The van der Waals surface area contributed by atoms with Crippen LogP contribution in [0.5, 0.6) is 0 Å². The number of aromatic nitrogens is 4. The molecule has 26 heavy (non-hydrogen) atoms. The third-order valence-electron chi connectivity index (χ3n) is 4.90. The number of piperazine rings is 1. The Labute approximate surface area is 151 Å². The molecule has 4 N–H and O–H groups in total. The fourth-order valence-corrected chi connectivity index (χ4v) is 3.61. The Bertz CT molecular complexity index is 866. The average molecular weight is 353 g/mol. The maximum atomic E-state index is 9.54. The highest BCUT2D eigenvalue weighted by atomic mass is 16.3. The molecule has 0 saturated carbocycles. The van der Waals surface area contributed by atoms with Crippen molar-refractivity contribution in [3.05, 3.63) is 42.1 Å². The highest BCUT2D eigenvalue weighted by molar-refractivity contribution is 5.87. The van der Waals surface area contributed by atoms with Gasteiger partial charge in [-0.05, 0) is 12.0 Å². The van der Waals surface area contributed by atoms with Crippen LogP contribution in [0.1, 0.15) is 12.0 Å². The number of anilines is 2. The van der Waals surface area contributed by atoms with Crippen molar-refractivity contribution in [3.63, 3.8) is 0 Å². The quantitative estimate of drug-likeness (QED) is 0.628. The molecular weight excluding hydrogens is 330 g/mol. The number of nitrogens with zero attached hydrogens (tertiary/aromatic N) is 5. The van der Waals surface area contributed by atoms with Gasteiger partial charge in [0.05, 0.1) is 11.6 Å². The first-order chi connectivity index (χ1) is 12.7. The fourth-order valence-electron chi connectivity index (χ4n) is 3.61. The third-order valence-corrected chi connectivity index (χ3v) is 4.90. The summed E-state index contributed by atoms with van der Waals surface area (Å²) in [6.07, 6.45) is 2.46. The molecule has 3 heterocycles. The lowest BCUT2D eigenvalue weighted by Crippen LogP contribution is -2.53. The molecule has 3 aromatic rings. The summed E-state index contributed by atoms with van der Waals surface area (Å²) in [7, 11) is 0. The maximum Gasteiger partial charge on any atom is 0.224 e. The number of aliphatic hydroxyl groups excluding tert-OH is 1. The van der Waals surface area contributed by atoms with Crippen LogP contribution in [0.4, 0.5) is 11.8 Å². The van der Waals surface area contributed by atoms with Crippen LogP contribution in [-0.2, 0) is 6.54 Å². The Hall–Kier alpha value is -2.71. The minimum absolute atomic E-state index is 0.164. The lowest BCUT2D eigenvalue weighted by atomic mass is 10.1. The molecule has 0 amide bonds. The molecule has 1 aliphatic heterocycles. The minimum atomic E-state index is 0.164. The zero-order valence-electron chi connectivity index (χ0n) is 14.5. The van der Waals surface area contributed by atoms with Crippen LogP contribution in [0.2, 0.25) is 0 Å². The molecule has 1 aromatic carbocycles. The molecule has 8 heteroatoms. The van der Waals surface area contributed by atoms with Gasteiger partial charge in [-0.3, -0.25) is 10.00 Å². The van der Waals surface area contributed by atoms with E-state index in [0.29, 0.717) is 5.65 Å². The molecule has 0 radical (unpaired) electrons. The van der Waals surface area contributed by atoms with Crippen molar-refractivity contribution < 1.29 is 5.11 Å². The molecule has 136 valence electrons. The molecule has 1 saturated heterocycles. The van der Waals surface area contributed by atoms with Crippen molar-refractivity contribution in [3.8, 4) is 0 Å². The number of nitrogens with one attached hydrogen (secondary N) is 1. The van der Waals surface area contributed by atoms with Crippen LogP contribution < -0.4 is 10.6 Å². The van der Waals surface area contributed by atoms with Crippen LogP contribution in [0.15, 0.2) is 36.5 Å². The van der Waals surface area contributed by atoms with Crippen molar-refractivity contribution in [1.82, 2.24) is 25.1 Å². The zero-order chi connectivity index (χ0) is 17.9. The van der Waals surface area contributed by atoms with E-state index in [1.54, 1.807) is 6.20 Å². The number of nitrogens with two attached hydrogens (primary N) is 1. The molecule has 0 bridgehead atoms. The number of benzene rings is 1. The van der Waals surface area contributed by atoms with E-state index >= 15 is 0 Å². The smallest absolute Gasteiger partial charge is 0.224 e. The number of rotatable bonds is 5. The Morgan fingerprint density at radius 3 is 2.85 bits per heavy atom. The summed E-state index contributed by atoms with van der Waals surface area (Å²) in [6, 6.07) is 10.7. The van der Waals surface area contributed by atoms with Gasteiger partial charge in [-0.15, -0.1) is 0 Å². The summed E-state index contributed by atoms with van der Waals surface area (Å²) < 4.78 is 0. The second kappa shape index (κ2) is 7.27. The number of nitrogen functional groups attached to an aromatic ring is 1. The summed E-state index contributed by atoms with van der Waals surface area (Å²) in [5, 5.41) is 17.3. The molecule has 4 rings (SSSR count). The average Bonchev–Trinajstić information content (AvgIpc) is 3.12. The van der Waals surface area contributed by atoms with Crippen LogP contribution >= 0.6 is 0 Å². The molecule has 1 fully saturated rings. The van der Waals surface area contributed by atoms with E-state index in [-0.39, 0.29) is 18.6 Å². The standard InChI is InChI=1S/C18H23N7O/c19-18-21-16-15(10-20-23-16)17(22-18)25-8-7-24(14(12-25)6-9-26)11-13-4-2-1-3-5-13/h1-5,10,14,26H,6-9,11-12H2,(H3,19,20,21,22,23)/t14-/m1/s1. The van der Waals surface area contributed by atoms with Gasteiger partial charge in [0.25, 0.3) is 0 Å². The Morgan fingerprint density at radius 1 is 1.19 bits per heavy atom. The minimum Gasteiger partial charge on any atom is -0.396 e. The SMILES string of the molecule is Nc1nc(N2CCN(Cc3ccccc3)[C@H](CCO)C2)c2cn[nH]c2n1. The van der Waals surface area contributed by atoms with Gasteiger partial charge in [0.2, 0.25) is 5.95 Å². The van der Waals surface area contributed by atoms with Crippen LogP contribution in [0.3, 0.4) is 0 Å². The van der Waals surface area contributed by atoms with Gasteiger partial charge in [0.15, 0.2) is 5.65 Å². The van der Waals surface area contributed by atoms with E-state index in [0.717, 1.165) is 43.8 Å². The normalized spacial score (nSPS) is 18.5. The Morgan fingerprint density at radius 2 is 2.04 bits per heavy atom. The lowest BCUT2D eigenvalue weighted by Gasteiger charge is -2.42. The number of H-pyrrole nitrogens is 1. The summed E-state index contributed by atoms with van der Waals surface area (Å²) in [5.41, 5.74) is 7.80. The number of fused-ring (bicyclic) bond motifs is 1. The van der Waals surface area contributed by atoms with E-state index in [1.807, 2.05) is 6.07 Å². The third kappa shape index (κ3) is 3.33. The van der Waals surface area contributed by atoms with Gasteiger partial charge >= 0.3 is 0 Å². The molecule has 0 spiro atoms. The van der Waals surface area contributed by atoms with Gasteiger partial charge in [0.1, 0.15) is 5.82 Å². The van der Waals surface area contributed by atoms with Crippen LogP contribution in [0, 0.1) is 0 Å². The largest absolute Gasteiger partial charge is 0.396 e. The van der Waals surface area contributed by atoms with Crippen molar-refractivity contribution in [2.75, 3.05) is 36.9 Å². The van der Waals surface area contributed by atoms with Crippen molar-refractivity contribution in [2.24, 2.45) is 0 Å². The lowest BCUT2D eigenvalue weighted by molar-refractivity contribution is 0.135. The number of hydrogen-bond donors (Lipinski definition) is 3. The van der Waals surface area contributed by atoms with Crippen LogP contribution in [-0.4, -0.2) is 62.5 Å². The van der Waals surface area contributed by atoms with Gasteiger partial charge in [-0.25, -0.2) is 0 Å². The first kappa shape index (κ1) is 16.7. The van der Waals surface area contributed by atoms with E-state index in [1.165, 1.54) is 5.56 Å². The van der Waals surface area contributed by atoms with Crippen molar-refractivity contribution >= 4 is 22.8 Å². The predicted molar refractivity (Wildman–Crippen MR) is 101 cm³/mol.